The highest BCUT2D eigenvalue weighted by Crippen LogP contribution is 2.23. The van der Waals surface area contributed by atoms with E-state index in [2.05, 4.69) is 31.0 Å². The Bertz CT molecular complexity index is 1070. The quantitative estimate of drug-likeness (QED) is 0.501. The van der Waals surface area contributed by atoms with Crippen molar-refractivity contribution in [3.63, 3.8) is 0 Å². The molecule has 2 aromatic carbocycles. The zero-order valence-electron chi connectivity index (χ0n) is 15.5. The summed E-state index contributed by atoms with van der Waals surface area (Å²) in [6, 6.07) is 16.3. The number of nitrogens with one attached hydrogen (secondary N) is 1. The Morgan fingerprint density at radius 1 is 1.14 bits per heavy atom. The van der Waals surface area contributed by atoms with Gasteiger partial charge in [-0.2, -0.15) is 0 Å². The van der Waals surface area contributed by atoms with E-state index in [0.29, 0.717) is 11.6 Å². The summed E-state index contributed by atoms with van der Waals surface area (Å²) in [5.74, 6) is 0.504. The molecule has 1 amide bonds. The summed E-state index contributed by atoms with van der Waals surface area (Å²) >= 11 is 1.33. The average molecular weight is 407 g/mol. The molecule has 10 heteroatoms. The van der Waals surface area contributed by atoms with Crippen molar-refractivity contribution in [2.45, 2.75) is 12.5 Å². The van der Waals surface area contributed by atoms with Crippen molar-refractivity contribution < 1.29 is 9.53 Å². The van der Waals surface area contributed by atoms with Crippen LogP contribution in [0.4, 0.5) is 5.13 Å². The van der Waals surface area contributed by atoms with Crippen LogP contribution in [0.5, 0.6) is 5.75 Å². The summed E-state index contributed by atoms with van der Waals surface area (Å²) in [6.07, 6.45) is 2.03. The van der Waals surface area contributed by atoms with Gasteiger partial charge >= 0.3 is 0 Å². The van der Waals surface area contributed by atoms with Gasteiger partial charge in [-0.05, 0) is 33.7 Å². The zero-order valence-corrected chi connectivity index (χ0v) is 16.3. The molecule has 2 heterocycles. The highest BCUT2D eigenvalue weighted by atomic mass is 32.1. The summed E-state index contributed by atoms with van der Waals surface area (Å²) in [4.78, 5) is 12.9. The van der Waals surface area contributed by atoms with E-state index in [4.69, 9.17) is 4.74 Å². The molecule has 146 valence electrons. The van der Waals surface area contributed by atoms with Crippen LogP contribution >= 0.6 is 11.3 Å². The average Bonchev–Trinajstić information content (AvgIpc) is 3.42. The molecule has 0 saturated carbocycles. The third-order valence-corrected chi connectivity index (χ3v) is 5.04. The first-order chi connectivity index (χ1) is 14.2. The van der Waals surface area contributed by atoms with Gasteiger partial charge in [0.15, 0.2) is 6.04 Å². The van der Waals surface area contributed by atoms with Crippen molar-refractivity contribution in [2.75, 3.05) is 12.4 Å². The molecule has 0 saturated heterocycles. The highest BCUT2D eigenvalue weighted by molar-refractivity contribution is 7.15. The molecule has 1 N–H and O–H groups in total. The number of nitrogens with zero attached hydrogens (tertiary/aromatic N) is 6. The van der Waals surface area contributed by atoms with Gasteiger partial charge in [0.05, 0.1) is 7.11 Å². The predicted octanol–water partition coefficient (Wildman–Crippen LogP) is 2.35. The molecule has 0 bridgehead atoms. The topological polar surface area (TPSA) is 108 Å². The fourth-order valence-corrected chi connectivity index (χ4v) is 3.59. The molecule has 0 aliphatic heterocycles. The first-order valence-electron chi connectivity index (χ1n) is 8.76. The van der Waals surface area contributed by atoms with Crippen molar-refractivity contribution in [3.05, 3.63) is 77.1 Å². The van der Waals surface area contributed by atoms with Crippen LogP contribution < -0.4 is 10.1 Å². The number of hydrogen-bond donors (Lipinski definition) is 1. The van der Waals surface area contributed by atoms with Gasteiger partial charge in [-0.25, -0.2) is 4.68 Å². The highest BCUT2D eigenvalue weighted by Gasteiger charge is 2.25. The molecule has 1 atom stereocenters. The normalized spacial score (nSPS) is 11.8. The van der Waals surface area contributed by atoms with Gasteiger partial charge in [-0.1, -0.05) is 53.8 Å². The lowest BCUT2D eigenvalue weighted by Gasteiger charge is -2.15. The van der Waals surface area contributed by atoms with Crippen LogP contribution in [0.3, 0.4) is 0 Å². The Morgan fingerprint density at radius 2 is 1.93 bits per heavy atom. The first-order valence-corrected chi connectivity index (χ1v) is 9.58. The van der Waals surface area contributed by atoms with Crippen LogP contribution in [-0.4, -0.2) is 43.4 Å². The van der Waals surface area contributed by atoms with E-state index in [0.717, 1.165) is 21.9 Å². The number of rotatable bonds is 7. The van der Waals surface area contributed by atoms with Crippen LogP contribution in [0.1, 0.15) is 22.2 Å². The minimum atomic E-state index is -0.708. The van der Waals surface area contributed by atoms with Crippen LogP contribution in [0.15, 0.2) is 60.9 Å². The molecule has 9 nitrogen and oxygen atoms in total. The molecule has 4 aromatic rings. The molecule has 0 fully saturated rings. The third-order valence-electron chi connectivity index (χ3n) is 4.20. The van der Waals surface area contributed by atoms with Crippen molar-refractivity contribution in [3.8, 4) is 5.75 Å². The first kappa shape index (κ1) is 18.7. The molecule has 0 spiro atoms. The Hall–Kier alpha value is -3.66. The monoisotopic (exact) mass is 407 g/mol. The Balaban J connectivity index is 1.48. The fraction of sp³-hybridized carbons (Fsp3) is 0.158. The standard InChI is InChI=1S/C19H17N7O2S/c1-28-15-9-7-13(8-10-15)11-16-22-23-19(29-16)21-18(27)17(26-12-20-24-25-26)14-5-3-2-4-6-14/h2-10,12,17H,11H2,1H3,(H,21,23,27)/t17-/m0/s1. The molecule has 0 unspecified atom stereocenters. The number of carbonyl (C=O) groups excluding carboxylic acids is 1. The molecule has 0 aliphatic carbocycles. The molecule has 4 rings (SSSR count). The summed E-state index contributed by atoms with van der Waals surface area (Å²) < 4.78 is 6.57. The number of methoxy groups -OCH3 is 1. The van der Waals surface area contributed by atoms with E-state index < -0.39 is 6.04 Å². The second-order valence-corrected chi connectivity index (χ2v) is 7.18. The van der Waals surface area contributed by atoms with Gasteiger partial charge in [0.1, 0.15) is 17.1 Å². The van der Waals surface area contributed by atoms with E-state index in [1.54, 1.807) is 7.11 Å². The van der Waals surface area contributed by atoms with Crippen LogP contribution in [0.25, 0.3) is 0 Å². The number of tetrazole rings is 1. The van der Waals surface area contributed by atoms with E-state index in [1.165, 1.54) is 22.3 Å². The van der Waals surface area contributed by atoms with Crippen molar-refractivity contribution in [1.29, 1.82) is 0 Å². The summed E-state index contributed by atoms with van der Waals surface area (Å²) in [7, 11) is 1.63. The lowest BCUT2D eigenvalue weighted by molar-refractivity contribution is -0.118. The largest absolute Gasteiger partial charge is 0.497 e. The van der Waals surface area contributed by atoms with Crippen LogP contribution in [0.2, 0.25) is 0 Å². The number of benzene rings is 2. The second-order valence-electron chi connectivity index (χ2n) is 6.12. The number of carbonyl (C=O) groups is 1. The van der Waals surface area contributed by atoms with Gasteiger partial charge in [0, 0.05) is 6.42 Å². The number of anilines is 1. The van der Waals surface area contributed by atoms with Gasteiger partial charge in [-0.3, -0.25) is 10.1 Å². The summed E-state index contributed by atoms with van der Waals surface area (Å²) in [6.45, 7) is 0. The van der Waals surface area contributed by atoms with E-state index >= 15 is 0 Å². The second kappa shape index (κ2) is 8.57. The lowest BCUT2D eigenvalue weighted by atomic mass is 10.1. The van der Waals surface area contributed by atoms with Crippen molar-refractivity contribution in [2.24, 2.45) is 0 Å². The maximum Gasteiger partial charge on any atom is 0.255 e. The maximum atomic E-state index is 12.9. The Kier molecular flexibility index (Phi) is 5.52. The predicted molar refractivity (Wildman–Crippen MR) is 107 cm³/mol. The maximum absolute atomic E-state index is 12.9. The number of hydrogen-bond acceptors (Lipinski definition) is 8. The smallest absolute Gasteiger partial charge is 0.255 e. The van der Waals surface area contributed by atoms with Gasteiger partial charge in [0.25, 0.3) is 5.91 Å². The molecular formula is C19H17N7O2S. The summed E-state index contributed by atoms with van der Waals surface area (Å²) in [5, 5.41) is 23.5. The summed E-state index contributed by atoms with van der Waals surface area (Å²) in [5.41, 5.74) is 1.84. The van der Waals surface area contributed by atoms with Gasteiger partial charge in [-0.15, -0.1) is 15.3 Å². The van der Waals surface area contributed by atoms with E-state index in [9.17, 15) is 4.79 Å². The van der Waals surface area contributed by atoms with Crippen LogP contribution in [0, 0.1) is 0 Å². The molecule has 0 aliphatic rings. The minimum absolute atomic E-state index is 0.296. The van der Waals surface area contributed by atoms with E-state index in [-0.39, 0.29) is 5.91 Å². The SMILES string of the molecule is COc1ccc(Cc2nnc(NC(=O)[C@H](c3ccccc3)n3cnnn3)s2)cc1. The third kappa shape index (κ3) is 4.43. The molecular weight excluding hydrogens is 390 g/mol. The lowest BCUT2D eigenvalue weighted by Crippen LogP contribution is -2.27. The molecule has 0 radical (unpaired) electrons. The fourth-order valence-electron chi connectivity index (χ4n) is 2.81. The van der Waals surface area contributed by atoms with Gasteiger partial charge in [0.2, 0.25) is 5.13 Å². The molecule has 29 heavy (non-hydrogen) atoms. The zero-order chi connectivity index (χ0) is 20.1. The molecule has 2 aromatic heterocycles. The van der Waals surface area contributed by atoms with Crippen molar-refractivity contribution in [1.82, 2.24) is 30.4 Å². The number of aromatic nitrogens is 6. The minimum Gasteiger partial charge on any atom is -0.497 e. The van der Waals surface area contributed by atoms with Crippen molar-refractivity contribution >= 4 is 22.4 Å². The van der Waals surface area contributed by atoms with Gasteiger partial charge < -0.3 is 4.74 Å². The van der Waals surface area contributed by atoms with Crippen LogP contribution in [-0.2, 0) is 11.2 Å². The Labute approximate surface area is 170 Å². The number of ether oxygens (including phenoxy) is 1. The number of amides is 1. The van der Waals surface area contributed by atoms with E-state index in [1.807, 2.05) is 54.6 Å². The Morgan fingerprint density at radius 3 is 2.62 bits per heavy atom.